The van der Waals surface area contributed by atoms with Crippen LogP contribution in [-0.4, -0.2) is 36.1 Å². The summed E-state index contributed by atoms with van der Waals surface area (Å²) in [6, 6.07) is 0. The Labute approximate surface area is 78.2 Å². The van der Waals surface area contributed by atoms with Gasteiger partial charge in [0.15, 0.2) is 0 Å². The summed E-state index contributed by atoms with van der Waals surface area (Å²) in [4.78, 5) is 0. The molecule has 0 amide bonds. The number of rotatable bonds is 2. The van der Waals surface area contributed by atoms with Crippen molar-refractivity contribution in [1.29, 1.82) is 0 Å². The standard InChI is InChI=1S/C7H16NOP.C2H6/c1-10-8-4-2-7(6-9)3-5-8;1-2/h7,9-10H,2-6H2,1H3;1-2H3. The second-order valence-corrected chi connectivity index (χ2v) is 3.92. The van der Waals surface area contributed by atoms with E-state index in [1.54, 1.807) is 0 Å². The fourth-order valence-corrected chi connectivity index (χ4v) is 2.04. The second-order valence-electron chi connectivity index (χ2n) is 2.84. The molecule has 0 aromatic rings. The van der Waals surface area contributed by atoms with Crippen LogP contribution in [0.15, 0.2) is 0 Å². The van der Waals surface area contributed by atoms with Gasteiger partial charge in [-0.15, -0.1) is 0 Å². The first-order valence-electron chi connectivity index (χ1n) is 4.90. The topological polar surface area (TPSA) is 23.5 Å². The quantitative estimate of drug-likeness (QED) is 0.674. The van der Waals surface area contributed by atoms with E-state index in [0.717, 1.165) is 8.73 Å². The fraction of sp³-hybridized carbons (Fsp3) is 1.00. The Kier molecular flexibility index (Phi) is 8.20. The van der Waals surface area contributed by atoms with Gasteiger partial charge in [0, 0.05) is 19.7 Å². The molecule has 2 nitrogen and oxygen atoms in total. The molecule has 1 N–H and O–H groups in total. The molecule has 0 aromatic heterocycles. The molecule has 0 spiro atoms. The van der Waals surface area contributed by atoms with Crippen molar-refractivity contribution in [2.45, 2.75) is 26.7 Å². The van der Waals surface area contributed by atoms with Crippen molar-refractivity contribution in [1.82, 2.24) is 4.67 Å². The molecule has 1 aliphatic heterocycles. The molecule has 1 heterocycles. The van der Waals surface area contributed by atoms with Crippen molar-refractivity contribution in [3.8, 4) is 0 Å². The van der Waals surface area contributed by atoms with Crippen molar-refractivity contribution in [2.24, 2.45) is 5.92 Å². The van der Waals surface area contributed by atoms with Gasteiger partial charge in [0.25, 0.3) is 0 Å². The first-order chi connectivity index (χ1) is 5.86. The van der Waals surface area contributed by atoms with Crippen LogP contribution >= 0.6 is 8.73 Å². The summed E-state index contributed by atoms with van der Waals surface area (Å²) in [5.74, 6) is 0.590. The Morgan fingerprint density at radius 3 is 2.17 bits per heavy atom. The predicted molar refractivity (Wildman–Crippen MR) is 57.0 cm³/mol. The average Bonchev–Trinajstić information content (AvgIpc) is 2.21. The van der Waals surface area contributed by atoms with E-state index in [2.05, 4.69) is 11.3 Å². The lowest BCUT2D eigenvalue weighted by molar-refractivity contribution is 0.173. The van der Waals surface area contributed by atoms with Crippen LogP contribution in [0.25, 0.3) is 0 Å². The van der Waals surface area contributed by atoms with Crippen LogP contribution < -0.4 is 0 Å². The summed E-state index contributed by atoms with van der Waals surface area (Å²) in [5.41, 5.74) is 0. The van der Waals surface area contributed by atoms with Crippen molar-refractivity contribution >= 4 is 8.73 Å². The summed E-state index contributed by atoms with van der Waals surface area (Å²) in [6.45, 7) is 9.00. The normalized spacial score (nSPS) is 21.0. The molecule has 0 aromatic carbocycles. The molecule has 12 heavy (non-hydrogen) atoms. The highest BCUT2D eigenvalue weighted by atomic mass is 31.1. The summed E-state index contributed by atoms with van der Waals surface area (Å²) in [6.07, 6.45) is 2.38. The average molecular weight is 191 g/mol. The molecule has 0 saturated carbocycles. The molecular weight excluding hydrogens is 169 g/mol. The first-order valence-corrected chi connectivity index (χ1v) is 6.34. The highest BCUT2D eigenvalue weighted by Gasteiger charge is 2.16. The lowest BCUT2D eigenvalue weighted by Gasteiger charge is -2.29. The van der Waals surface area contributed by atoms with Gasteiger partial charge in [-0.1, -0.05) is 22.6 Å². The molecule has 1 unspecified atom stereocenters. The molecule has 1 aliphatic rings. The Hall–Kier alpha value is 0.350. The molecule has 0 aliphatic carbocycles. The largest absolute Gasteiger partial charge is 0.396 e. The molecule has 1 rings (SSSR count). The van der Waals surface area contributed by atoms with E-state index in [0.29, 0.717) is 12.5 Å². The Balaban J connectivity index is 0.000000561. The third-order valence-corrected chi connectivity index (χ3v) is 3.27. The minimum absolute atomic E-state index is 0.390. The maximum absolute atomic E-state index is 8.83. The van der Waals surface area contributed by atoms with Crippen molar-refractivity contribution in [2.75, 3.05) is 26.4 Å². The summed E-state index contributed by atoms with van der Waals surface area (Å²) < 4.78 is 2.46. The molecular formula is C9H22NOP. The summed E-state index contributed by atoms with van der Waals surface area (Å²) in [7, 11) is 0.950. The van der Waals surface area contributed by atoms with E-state index in [1.807, 2.05) is 13.8 Å². The Morgan fingerprint density at radius 1 is 1.33 bits per heavy atom. The molecule has 74 valence electrons. The van der Waals surface area contributed by atoms with Gasteiger partial charge in [-0.2, -0.15) is 0 Å². The van der Waals surface area contributed by atoms with E-state index in [1.165, 1.54) is 25.9 Å². The zero-order valence-electron chi connectivity index (χ0n) is 8.51. The van der Waals surface area contributed by atoms with Crippen molar-refractivity contribution in [3.63, 3.8) is 0 Å². The van der Waals surface area contributed by atoms with Gasteiger partial charge in [0.05, 0.1) is 0 Å². The molecule has 0 bridgehead atoms. The zero-order chi connectivity index (χ0) is 9.40. The van der Waals surface area contributed by atoms with Gasteiger partial charge in [-0.3, -0.25) is 4.67 Å². The van der Waals surface area contributed by atoms with Crippen LogP contribution in [0.5, 0.6) is 0 Å². The van der Waals surface area contributed by atoms with Gasteiger partial charge in [0.2, 0.25) is 0 Å². The van der Waals surface area contributed by atoms with Crippen LogP contribution in [0.2, 0.25) is 0 Å². The van der Waals surface area contributed by atoms with Gasteiger partial charge in [0.1, 0.15) is 0 Å². The molecule has 0 radical (unpaired) electrons. The van der Waals surface area contributed by atoms with E-state index < -0.39 is 0 Å². The fourth-order valence-electron chi connectivity index (χ4n) is 1.34. The first kappa shape index (κ1) is 12.3. The monoisotopic (exact) mass is 191 g/mol. The SMILES string of the molecule is CC.CPN1CCC(CO)CC1. The van der Waals surface area contributed by atoms with Gasteiger partial charge in [-0.05, 0) is 25.4 Å². The lowest BCUT2D eigenvalue weighted by atomic mass is 10.00. The zero-order valence-corrected chi connectivity index (χ0v) is 9.51. The molecule has 1 fully saturated rings. The number of piperidine rings is 1. The second kappa shape index (κ2) is 7.97. The molecule has 1 atom stereocenters. The predicted octanol–water partition coefficient (Wildman–Crippen LogP) is 1.94. The smallest absolute Gasteiger partial charge is 0.0460 e. The Morgan fingerprint density at radius 2 is 1.83 bits per heavy atom. The van der Waals surface area contributed by atoms with E-state index in [4.69, 9.17) is 5.11 Å². The minimum Gasteiger partial charge on any atom is -0.396 e. The van der Waals surface area contributed by atoms with E-state index in [9.17, 15) is 0 Å². The molecule has 3 heteroatoms. The van der Waals surface area contributed by atoms with Gasteiger partial charge >= 0.3 is 0 Å². The minimum atomic E-state index is 0.390. The number of nitrogens with zero attached hydrogens (tertiary/aromatic N) is 1. The van der Waals surface area contributed by atoms with Gasteiger partial charge < -0.3 is 5.11 Å². The number of aliphatic hydroxyl groups excluding tert-OH is 1. The highest BCUT2D eigenvalue weighted by Crippen LogP contribution is 2.23. The van der Waals surface area contributed by atoms with Crippen molar-refractivity contribution < 1.29 is 5.11 Å². The number of hydrogen-bond donors (Lipinski definition) is 1. The number of aliphatic hydroxyl groups is 1. The van der Waals surface area contributed by atoms with Crippen LogP contribution in [0.4, 0.5) is 0 Å². The summed E-state index contributed by atoms with van der Waals surface area (Å²) in [5, 5.41) is 8.83. The third kappa shape index (κ3) is 4.39. The highest BCUT2D eigenvalue weighted by molar-refractivity contribution is 7.34. The third-order valence-electron chi connectivity index (χ3n) is 2.19. The van der Waals surface area contributed by atoms with E-state index in [-0.39, 0.29) is 0 Å². The maximum atomic E-state index is 8.83. The van der Waals surface area contributed by atoms with Crippen LogP contribution in [0, 0.1) is 5.92 Å². The Bertz CT molecular complexity index is 80.5. The van der Waals surface area contributed by atoms with Crippen molar-refractivity contribution in [3.05, 3.63) is 0 Å². The van der Waals surface area contributed by atoms with Crippen LogP contribution in [-0.2, 0) is 0 Å². The van der Waals surface area contributed by atoms with Crippen LogP contribution in [0.1, 0.15) is 26.7 Å². The molecule has 1 saturated heterocycles. The number of hydrogen-bond acceptors (Lipinski definition) is 2. The van der Waals surface area contributed by atoms with Gasteiger partial charge in [-0.25, -0.2) is 0 Å². The summed E-state index contributed by atoms with van der Waals surface area (Å²) >= 11 is 0. The lowest BCUT2D eigenvalue weighted by Crippen LogP contribution is -2.28. The van der Waals surface area contributed by atoms with Crippen LogP contribution in [0.3, 0.4) is 0 Å². The maximum Gasteiger partial charge on any atom is 0.0460 e. The van der Waals surface area contributed by atoms with E-state index >= 15 is 0 Å².